The van der Waals surface area contributed by atoms with Gasteiger partial charge in [0.25, 0.3) is 5.56 Å². The summed E-state index contributed by atoms with van der Waals surface area (Å²) in [6, 6.07) is 11.7. The summed E-state index contributed by atoms with van der Waals surface area (Å²) < 4.78 is 0. The molecule has 1 fully saturated rings. The molecule has 126 valence electrons. The van der Waals surface area contributed by atoms with Crippen LogP contribution in [0.25, 0.3) is 0 Å². The van der Waals surface area contributed by atoms with E-state index in [4.69, 9.17) is 0 Å². The van der Waals surface area contributed by atoms with Gasteiger partial charge in [-0.3, -0.25) is 14.6 Å². The monoisotopic (exact) mass is 326 g/mol. The summed E-state index contributed by atoms with van der Waals surface area (Å²) in [5.41, 5.74) is 1.76. The molecule has 1 aromatic heterocycles. The summed E-state index contributed by atoms with van der Waals surface area (Å²) >= 11 is 0. The van der Waals surface area contributed by atoms with E-state index in [1.54, 1.807) is 11.9 Å². The Morgan fingerprint density at radius 2 is 2.04 bits per heavy atom. The van der Waals surface area contributed by atoms with Crippen LogP contribution >= 0.6 is 0 Å². The molecule has 2 aromatic rings. The first-order valence-electron chi connectivity index (χ1n) is 8.13. The topological polar surface area (TPSA) is 69.3 Å². The number of anilines is 1. The number of rotatable bonds is 5. The summed E-state index contributed by atoms with van der Waals surface area (Å²) in [7, 11) is 3.69. The molecule has 24 heavy (non-hydrogen) atoms. The summed E-state index contributed by atoms with van der Waals surface area (Å²) in [6.07, 6.45) is 1.29. The maximum Gasteiger partial charge on any atom is 0.252 e. The van der Waals surface area contributed by atoms with Crippen LogP contribution in [0.3, 0.4) is 0 Å². The Bertz CT molecular complexity index is 772. The molecular weight excluding hydrogens is 304 g/mol. The molecule has 1 aliphatic rings. The van der Waals surface area contributed by atoms with E-state index in [0.29, 0.717) is 24.6 Å². The fourth-order valence-corrected chi connectivity index (χ4v) is 2.96. The van der Waals surface area contributed by atoms with E-state index in [1.165, 1.54) is 11.6 Å². The third-order valence-corrected chi connectivity index (χ3v) is 4.45. The normalized spacial score (nSPS) is 17.3. The second-order valence-corrected chi connectivity index (χ2v) is 6.33. The molecule has 0 spiro atoms. The van der Waals surface area contributed by atoms with Gasteiger partial charge in [0, 0.05) is 45.6 Å². The van der Waals surface area contributed by atoms with Crippen molar-refractivity contribution in [2.45, 2.75) is 18.8 Å². The zero-order chi connectivity index (χ0) is 17.1. The highest BCUT2D eigenvalue weighted by molar-refractivity contribution is 5.79. The minimum absolute atomic E-state index is 0.00827. The fraction of sp³-hybridized carbons (Fsp3) is 0.389. The van der Waals surface area contributed by atoms with Gasteiger partial charge in [-0.25, -0.2) is 4.98 Å². The van der Waals surface area contributed by atoms with E-state index >= 15 is 0 Å². The van der Waals surface area contributed by atoms with Crippen molar-refractivity contribution in [2.75, 3.05) is 32.1 Å². The second-order valence-electron chi connectivity index (χ2n) is 6.33. The molecule has 1 aromatic carbocycles. The molecule has 0 saturated carbocycles. The first-order chi connectivity index (χ1) is 11.5. The van der Waals surface area contributed by atoms with E-state index in [-0.39, 0.29) is 17.4 Å². The number of likely N-dealkylation sites (N-methyl/N-ethyl adjacent to an activating group) is 2. The van der Waals surface area contributed by atoms with Gasteiger partial charge in [-0.15, -0.1) is 0 Å². The average Bonchev–Trinajstić information content (AvgIpc) is 2.92. The number of aromatic nitrogens is 2. The lowest BCUT2D eigenvalue weighted by atomic mass is 10.0. The average molecular weight is 326 g/mol. The van der Waals surface area contributed by atoms with Crippen LogP contribution in [-0.2, 0) is 11.2 Å². The van der Waals surface area contributed by atoms with Crippen molar-refractivity contribution in [2.24, 2.45) is 0 Å². The van der Waals surface area contributed by atoms with Crippen LogP contribution in [0.1, 0.15) is 23.6 Å². The van der Waals surface area contributed by atoms with Crippen molar-refractivity contribution in [1.29, 1.82) is 0 Å². The molecule has 3 rings (SSSR count). The fourth-order valence-electron chi connectivity index (χ4n) is 2.96. The highest BCUT2D eigenvalue weighted by Gasteiger charge is 2.29. The molecule has 6 heteroatoms. The van der Waals surface area contributed by atoms with Gasteiger partial charge in [-0.1, -0.05) is 30.3 Å². The molecule has 1 atom stereocenters. The molecule has 6 nitrogen and oxygen atoms in total. The number of carbonyl (C=O) groups is 1. The largest absolute Gasteiger partial charge is 0.345 e. The van der Waals surface area contributed by atoms with Crippen molar-refractivity contribution in [3.05, 3.63) is 58.0 Å². The van der Waals surface area contributed by atoms with Crippen molar-refractivity contribution in [1.82, 2.24) is 14.9 Å². The zero-order valence-corrected chi connectivity index (χ0v) is 14.0. The quantitative estimate of drug-likeness (QED) is 0.901. The van der Waals surface area contributed by atoms with Crippen LogP contribution in [0.15, 0.2) is 41.2 Å². The zero-order valence-electron chi connectivity index (χ0n) is 14.0. The highest BCUT2D eigenvalue weighted by atomic mass is 16.2. The molecule has 2 heterocycles. The SMILES string of the molecule is CN1CC(c2cc(=O)[nH]c(N(C)CCc3ccccc3)n2)CC1=O. The van der Waals surface area contributed by atoms with Gasteiger partial charge in [0.2, 0.25) is 11.9 Å². The smallest absolute Gasteiger partial charge is 0.252 e. The molecule has 1 unspecified atom stereocenters. The molecule has 0 bridgehead atoms. The summed E-state index contributed by atoms with van der Waals surface area (Å²) in [4.78, 5) is 34.7. The third-order valence-electron chi connectivity index (χ3n) is 4.45. The van der Waals surface area contributed by atoms with Crippen molar-refractivity contribution in [3.63, 3.8) is 0 Å². The standard InChI is InChI=1S/C18H22N4O2/c1-21(9-8-13-6-4-3-5-7-13)18-19-15(11-16(23)20-18)14-10-17(24)22(2)12-14/h3-7,11,14H,8-10,12H2,1-2H3,(H,19,20,23). The Morgan fingerprint density at radius 1 is 1.29 bits per heavy atom. The maximum atomic E-state index is 12.0. The number of benzene rings is 1. The van der Waals surface area contributed by atoms with E-state index in [1.807, 2.05) is 30.1 Å². The van der Waals surface area contributed by atoms with Crippen molar-refractivity contribution >= 4 is 11.9 Å². The Hall–Kier alpha value is -2.63. The van der Waals surface area contributed by atoms with E-state index in [2.05, 4.69) is 22.1 Å². The Labute approximate surface area is 141 Å². The molecule has 1 N–H and O–H groups in total. The lowest BCUT2D eigenvalue weighted by molar-refractivity contribution is -0.126. The summed E-state index contributed by atoms with van der Waals surface area (Å²) in [5, 5.41) is 0. The lowest BCUT2D eigenvalue weighted by Gasteiger charge is -2.19. The molecule has 0 radical (unpaired) electrons. The Kier molecular flexibility index (Phi) is 4.64. The van der Waals surface area contributed by atoms with Crippen LogP contribution in [0.4, 0.5) is 5.95 Å². The van der Waals surface area contributed by atoms with Crippen LogP contribution in [-0.4, -0.2) is 48.0 Å². The molecule has 1 saturated heterocycles. The van der Waals surface area contributed by atoms with E-state index in [9.17, 15) is 9.59 Å². The molecule has 1 aliphatic heterocycles. The maximum absolute atomic E-state index is 12.0. The highest BCUT2D eigenvalue weighted by Crippen LogP contribution is 2.25. The number of likely N-dealkylation sites (tertiary alicyclic amines) is 1. The minimum atomic E-state index is -0.177. The van der Waals surface area contributed by atoms with Gasteiger partial charge in [0.1, 0.15) is 0 Å². The minimum Gasteiger partial charge on any atom is -0.345 e. The number of nitrogens with one attached hydrogen (secondary N) is 1. The number of hydrogen-bond donors (Lipinski definition) is 1. The number of amides is 1. The van der Waals surface area contributed by atoms with Crippen molar-refractivity contribution in [3.8, 4) is 0 Å². The third kappa shape index (κ3) is 3.64. The number of aromatic amines is 1. The predicted molar refractivity (Wildman–Crippen MR) is 93.3 cm³/mol. The van der Waals surface area contributed by atoms with Gasteiger partial charge >= 0.3 is 0 Å². The Balaban J connectivity index is 1.73. The van der Waals surface area contributed by atoms with Crippen LogP contribution in [0, 0.1) is 0 Å². The first kappa shape index (κ1) is 16.2. The van der Waals surface area contributed by atoms with Gasteiger partial charge in [-0.2, -0.15) is 0 Å². The number of hydrogen-bond acceptors (Lipinski definition) is 4. The Morgan fingerprint density at radius 3 is 2.71 bits per heavy atom. The van der Waals surface area contributed by atoms with Gasteiger partial charge < -0.3 is 9.80 Å². The lowest BCUT2D eigenvalue weighted by Crippen LogP contribution is -2.26. The number of carbonyl (C=O) groups excluding carboxylic acids is 1. The second kappa shape index (κ2) is 6.86. The van der Waals surface area contributed by atoms with E-state index < -0.39 is 0 Å². The van der Waals surface area contributed by atoms with Crippen LogP contribution < -0.4 is 10.5 Å². The van der Waals surface area contributed by atoms with E-state index in [0.717, 1.165) is 13.0 Å². The van der Waals surface area contributed by atoms with Gasteiger partial charge in [-0.05, 0) is 12.0 Å². The number of nitrogens with zero attached hydrogens (tertiary/aromatic N) is 3. The van der Waals surface area contributed by atoms with Gasteiger partial charge in [0.15, 0.2) is 0 Å². The molecule has 1 amide bonds. The van der Waals surface area contributed by atoms with Crippen LogP contribution in [0.5, 0.6) is 0 Å². The number of H-pyrrole nitrogens is 1. The van der Waals surface area contributed by atoms with Gasteiger partial charge in [0.05, 0.1) is 5.69 Å². The van der Waals surface area contributed by atoms with Crippen LogP contribution in [0.2, 0.25) is 0 Å². The summed E-state index contributed by atoms with van der Waals surface area (Å²) in [6.45, 7) is 1.36. The predicted octanol–water partition coefficient (Wildman–Crippen LogP) is 1.39. The summed E-state index contributed by atoms with van der Waals surface area (Å²) in [5.74, 6) is 0.641. The van der Waals surface area contributed by atoms with Crippen molar-refractivity contribution < 1.29 is 4.79 Å². The first-order valence-corrected chi connectivity index (χ1v) is 8.13. The molecule has 0 aliphatic carbocycles. The molecular formula is C18H22N4O2.